The van der Waals surface area contributed by atoms with Crippen LogP contribution in [0.4, 0.5) is 10.5 Å². The topological polar surface area (TPSA) is 87.7 Å². The first-order valence-electron chi connectivity index (χ1n) is 10.3. The van der Waals surface area contributed by atoms with Crippen LogP contribution in [0.25, 0.3) is 0 Å². The molecule has 0 unspecified atom stereocenters. The third-order valence-electron chi connectivity index (χ3n) is 5.71. The van der Waals surface area contributed by atoms with Crippen LogP contribution in [0, 0.1) is 5.92 Å². The SMILES string of the molecule is O=C(Nc1cccc(S(=O)(=O)N2CCOCC2)c1)N[C@@H](c1cccs1)C1CCCC1. The molecule has 1 aliphatic carbocycles. The molecular weight excluding hydrogens is 422 g/mol. The predicted molar refractivity (Wildman–Crippen MR) is 117 cm³/mol. The normalized spacial score (nSPS) is 19.5. The number of nitrogens with one attached hydrogen (secondary N) is 2. The van der Waals surface area contributed by atoms with E-state index >= 15 is 0 Å². The van der Waals surface area contributed by atoms with Crippen LogP contribution < -0.4 is 10.6 Å². The van der Waals surface area contributed by atoms with Gasteiger partial charge in [-0.05, 0) is 48.4 Å². The molecule has 1 saturated heterocycles. The van der Waals surface area contributed by atoms with E-state index in [1.807, 2.05) is 11.4 Å². The molecule has 7 nitrogen and oxygen atoms in total. The highest BCUT2D eigenvalue weighted by Crippen LogP contribution is 2.37. The number of ether oxygens (including phenoxy) is 1. The Bertz CT molecular complexity index is 950. The molecule has 2 fully saturated rings. The monoisotopic (exact) mass is 449 g/mol. The van der Waals surface area contributed by atoms with Crippen molar-refractivity contribution in [2.45, 2.75) is 36.6 Å². The molecule has 0 spiro atoms. The molecule has 1 aromatic heterocycles. The number of thiophene rings is 1. The maximum atomic E-state index is 12.9. The molecule has 9 heteroatoms. The Hall–Kier alpha value is -1.94. The standard InChI is InChI=1S/C21H27N3O4S2/c25-21(23-20(16-5-1-2-6-16)19-9-4-14-29-19)22-17-7-3-8-18(15-17)30(26,27)24-10-12-28-13-11-24/h3-4,7-9,14-16,20H,1-2,5-6,10-13H2,(H2,22,23,25)/t20-/m1/s1. The molecule has 1 atom stereocenters. The van der Waals surface area contributed by atoms with Gasteiger partial charge in [-0.3, -0.25) is 0 Å². The maximum Gasteiger partial charge on any atom is 0.319 e. The van der Waals surface area contributed by atoms with Gasteiger partial charge in [0.05, 0.1) is 24.2 Å². The molecule has 2 N–H and O–H groups in total. The van der Waals surface area contributed by atoms with Crippen LogP contribution in [0.15, 0.2) is 46.7 Å². The summed E-state index contributed by atoms with van der Waals surface area (Å²) in [5.74, 6) is 0.433. The number of morpholine rings is 1. The summed E-state index contributed by atoms with van der Waals surface area (Å²) in [6.07, 6.45) is 4.60. The largest absolute Gasteiger partial charge is 0.379 e. The molecule has 162 valence electrons. The van der Waals surface area contributed by atoms with Crippen LogP contribution in [0.5, 0.6) is 0 Å². The van der Waals surface area contributed by atoms with Crippen molar-refractivity contribution in [1.82, 2.24) is 9.62 Å². The molecule has 4 rings (SSSR count). The Kier molecular flexibility index (Phi) is 6.72. The number of benzene rings is 1. The fourth-order valence-electron chi connectivity index (χ4n) is 4.16. The molecule has 2 amide bonds. The van der Waals surface area contributed by atoms with Crippen molar-refractivity contribution in [3.63, 3.8) is 0 Å². The minimum absolute atomic E-state index is 0.0206. The average molecular weight is 450 g/mol. The highest BCUT2D eigenvalue weighted by Gasteiger charge is 2.29. The Labute approximate surface area is 181 Å². The minimum Gasteiger partial charge on any atom is -0.379 e. The lowest BCUT2D eigenvalue weighted by Crippen LogP contribution is -2.40. The van der Waals surface area contributed by atoms with Crippen LogP contribution in [-0.2, 0) is 14.8 Å². The lowest BCUT2D eigenvalue weighted by Gasteiger charge is -2.26. The van der Waals surface area contributed by atoms with Crippen LogP contribution in [0.2, 0.25) is 0 Å². The number of urea groups is 1. The van der Waals surface area contributed by atoms with E-state index in [0.717, 1.165) is 17.7 Å². The van der Waals surface area contributed by atoms with E-state index in [1.54, 1.807) is 29.5 Å². The van der Waals surface area contributed by atoms with Gasteiger partial charge in [-0.15, -0.1) is 11.3 Å². The molecule has 30 heavy (non-hydrogen) atoms. The fourth-order valence-corrected chi connectivity index (χ4v) is 6.48. The fraction of sp³-hybridized carbons (Fsp3) is 0.476. The predicted octanol–water partition coefficient (Wildman–Crippen LogP) is 3.82. The van der Waals surface area contributed by atoms with Crippen LogP contribution in [0.3, 0.4) is 0 Å². The lowest BCUT2D eigenvalue weighted by atomic mass is 9.97. The van der Waals surface area contributed by atoms with E-state index in [2.05, 4.69) is 16.7 Å². The van der Waals surface area contributed by atoms with Crippen molar-refractivity contribution in [3.8, 4) is 0 Å². The molecule has 1 saturated carbocycles. The van der Waals surface area contributed by atoms with Gasteiger partial charge in [0, 0.05) is 23.7 Å². The van der Waals surface area contributed by atoms with Crippen LogP contribution in [-0.4, -0.2) is 45.1 Å². The molecule has 2 heterocycles. The van der Waals surface area contributed by atoms with E-state index < -0.39 is 10.0 Å². The molecule has 0 bridgehead atoms. The second-order valence-electron chi connectivity index (χ2n) is 7.68. The first kappa shape index (κ1) is 21.3. The number of carbonyl (C=O) groups excluding carboxylic acids is 1. The van der Waals surface area contributed by atoms with Crippen molar-refractivity contribution in [1.29, 1.82) is 0 Å². The van der Waals surface area contributed by atoms with Gasteiger partial charge in [0.1, 0.15) is 0 Å². The summed E-state index contributed by atoms with van der Waals surface area (Å²) in [5.41, 5.74) is 0.457. The third-order valence-corrected chi connectivity index (χ3v) is 8.56. The number of carbonyl (C=O) groups is 1. The van der Waals surface area contributed by atoms with Crippen molar-refractivity contribution in [3.05, 3.63) is 46.7 Å². The van der Waals surface area contributed by atoms with Gasteiger partial charge in [0.25, 0.3) is 0 Å². The number of hydrogen-bond donors (Lipinski definition) is 2. The highest BCUT2D eigenvalue weighted by atomic mass is 32.2. The van der Waals surface area contributed by atoms with Gasteiger partial charge in [-0.2, -0.15) is 4.31 Å². The summed E-state index contributed by atoms with van der Waals surface area (Å²) in [4.78, 5) is 14.1. The zero-order chi connectivity index (χ0) is 21.0. The van der Waals surface area contributed by atoms with E-state index in [-0.39, 0.29) is 17.0 Å². The molecule has 0 radical (unpaired) electrons. The minimum atomic E-state index is -3.61. The van der Waals surface area contributed by atoms with Crippen molar-refractivity contribution < 1.29 is 17.9 Å². The summed E-state index contributed by atoms with van der Waals surface area (Å²) < 4.78 is 32.4. The summed E-state index contributed by atoms with van der Waals surface area (Å²) >= 11 is 1.65. The first-order chi connectivity index (χ1) is 14.5. The Morgan fingerprint density at radius 1 is 1.13 bits per heavy atom. The molecule has 1 aliphatic heterocycles. The summed E-state index contributed by atoms with van der Waals surface area (Å²) in [5, 5.41) is 7.96. The van der Waals surface area contributed by atoms with E-state index in [1.165, 1.54) is 23.2 Å². The molecule has 2 aliphatic rings. The van der Waals surface area contributed by atoms with Gasteiger partial charge in [-0.1, -0.05) is 25.0 Å². The van der Waals surface area contributed by atoms with E-state index in [9.17, 15) is 13.2 Å². The first-order valence-corrected chi connectivity index (χ1v) is 12.6. The Morgan fingerprint density at radius 2 is 1.90 bits per heavy atom. The lowest BCUT2D eigenvalue weighted by molar-refractivity contribution is 0.0730. The van der Waals surface area contributed by atoms with Crippen molar-refractivity contribution in [2.75, 3.05) is 31.6 Å². The summed E-state index contributed by atoms with van der Waals surface area (Å²) in [6.45, 7) is 1.46. The quantitative estimate of drug-likeness (QED) is 0.702. The average Bonchev–Trinajstić information content (AvgIpc) is 3.47. The van der Waals surface area contributed by atoms with Crippen LogP contribution >= 0.6 is 11.3 Å². The molecule has 2 aromatic rings. The van der Waals surface area contributed by atoms with Gasteiger partial charge < -0.3 is 15.4 Å². The smallest absolute Gasteiger partial charge is 0.319 e. The number of amides is 2. The maximum absolute atomic E-state index is 12.9. The van der Waals surface area contributed by atoms with Gasteiger partial charge in [0.15, 0.2) is 0 Å². The summed E-state index contributed by atoms with van der Waals surface area (Å²) in [7, 11) is -3.61. The second-order valence-corrected chi connectivity index (χ2v) is 10.6. The van der Waals surface area contributed by atoms with Crippen molar-refractivity contribution >= 4 is 33.1 Å². The number of nitrogens with zero attached hydrogens (tertiary/aromatic N) is 1. The molecule has 1 aromatic carbocycles. The number of rotatable bonds is 6. The highest BCUT2D eigenvalue weighted by molar-refractivity contribution is 7.89. The number of sulfonamides is 1. The second kappa shape index (κ2) is 9.47. The zero-order valence-corrected chi connectivity index (χ0v) is 18.4. The van der Waals surface area contributed by atoms with Gasteiger partial charge >= 0.3 is 6.03 Å². The van der Waals surface area contributed by atoms with Gasteiger partial charge in [-0.25, -0.2) is 13.2 Å². The van der Waals surface area contributed by atoms with Crippen molar-refractivity contribution in [2.24, 2.45) is 5.92 Å². The van der Waals surface area contributed by atoms with E-state index in [4.69, 9.17) is 4.74 Å². The Morgan fingerprint density at radius 3 is 2.60 bits per heavy atom. The molecular formula is C21H27N3O4S2. The number of anilines is 1. The third kappa shape index (κ3) is 4.85. The van der Waals surface area contributed by atoms with E-state index in [0.29, 0.717) is 37.9 Å². The zero-order valence-electron chi connectivity index (χ0n) is 16.7. The number of hydrogen-bond acceptors (Lipinski definition) is 5. The van der Waals surface area contributed by atoms with Gasteiger partial charge in [0.2, 0.25) is 10.0 Å². The van der Waals surface area contributed by atoms with Crippen LogP contribution in [0.1, 0.15) is 36.6 Å². The summed E-state index contributed by atoms with van der Waals surface area (Å²) in [6, 6.07) is 10.1. The Balaban J connectivity index is 1.46.